The maximum absolute atomic E-state index is 9.07. The van der Waals surface area contributed by atoms with Crippen LogP contribution in [0.2, 0.25) is 0 Å². The molecular weight excluding hydrogens is 231 g/mol. The van der Waals surface area contributed by atoms with Crippen LogP contribution in [0.4, 0.5) is 0 Å². The van der Waals surface area contributed by atoms with Crippen molar-refractivity contribution in [3.63, 3.8) is 0 Å². The maximum Gasteiger partial charge on any atom is 3.00 e. The van der Waals surface area contributed by atoms with Gasteiger partial charge in [0.05, 0.1) is 0 Å². The van der Waals surface area contributed by atoms with E-state index in [0.29, 0.717) is 5.75 Å². The van der Waals surface area contributed by atoms with Gasteiger partial charge in [0.25, 0.3) is 0 Å². The summed E-state index contributed by atoms with van der Waals surface area (Å²) in [6, 6.07) is 16.2. The molecule has 0 aliphatic rings. The number of aromatic hydroxyl groups is 1. The molecule has 0 saturated heterocycles. The molecular formula is C12H10MnO2+3. The molecule has 0 unspecified atom stereocenters. The number of para-hydroxylation sites is 1. The molecule has 0 heterocycles. The number of phenols is 1. The minimum atomic E-state index is 0. The molecule has 0 fully saturated rings. The molecule has 0 atom stereocenters. The molecule has 0 aromatic heterocycles. The zero-order valence-corrected chi connectivity index (χ0v) is 9.11. The fourth-order valence-electron chi connectivity index (χ4n) is 1.14. The van der Waals surface area contributed by atoms with E-state index in [0.717, 1.165) is 5.75 Å². The molecule has 0 amide bonds. The summed E-state index contributed by atoms with van der Waals surface area (Å²) in [5.74, 6) is 1.75. The number of benzene rings is 2. The summed E-state index contributed by atoms with van der Waals surface area (Å²) in [5.41, 5.74) is 0. The molecule has 0 saturated carbocycles. The third-order valence-corrected chi connectivity index (χ3v) is 1.82. The van der Waals surface area contributed by atoms with Crippen molar-refractivity contribution in [1.29, 1.82) is 0 Å². The molecule has 0 aliphatic carbocycles. The van der Waals surface area contributed by atoms with Crippen LogP contribution in [-0.2, 0) is 17.1 Å². The van der Waals surface area contributed by atoms with Gasteiger partial charge in [0.2, 0.25) is 0 Å². The first-order valence-electron chi connectivity index (χ1n) is 4.36. The first-order valence-corrected chi connectivity index (χ1v) is 4.36. The van der Waals surface area contributed by atoms with Crippen LogP contribution in [0.5, 0.6) is 17.2 Å². The van der Waals surface area contributed by atoms with Crippen LogP contribution in [0.3, 0.4) is 0 Å². The van der Waals surface area contributed by atoms with Crippen LogP contribution < -0.4 is 4.74 Å². The zero-order valence-electron chi connectivity index (χ0n) is 7.93. The van der Waals surface area contributed by atoms with E-state index in [1.165, 1.54) is 0 Å². The fourth-order valence-corrected chi connectivity index (χ4v) is 1.14. The first kappa shape index (κ1) is 11.6. The number of ether oxygens (including phenoxy) is 1. The zero-order chi connectivity index (χ0) is 9.80. The summed E-state index contributed by atoms with van der Waals surface area (Å²) >= 11 is 0. The van der Waals surface area contributed by atoms with Crippen molar-refractivity contribution in [3.8, 4) is 17.2 Å². The van der Waals surface area contributed by atoms with Crippen LogP contribution in [0.15, 0.2) is 54.6 Å². The van der Waals surface area contributed by atoms with Gasteiger partial charge in [-0.3, -0.25) is 0 Å². The molecule has 0 aliphatic heterocycles. The summed E-state index contributed by atoms with van der Waals surface area (Å²) in [7, 11) is 0. The Bertz CT molecular complexity index is 398. The van der Waals surface area contributed by atoms with Crippen molar-refractivity contribution in [1.82, 2.24) is 0 Å². The molecule has 74 valence electrons. The van der Waals surface area contributed by atoms with Crippen molar-refractivity contribution in [2.75, 3.05) is 0 Å². The van der Waals surface area contributed by atoms with Crippen molar-refractivity contribution in [2.24, 2.45) is 0 Å². The number of hydrogen-bond donors (Lipinski definition) is 1. The minimum Gasteiger partial charge on any atom is -0.508 e. The van der Waals surface area contributed by atoms with Gasteiger partial charge in [0.15, 0.2) is 0 Å². The molecule has 0 spiro atoms. The van der Waals surface area contributed by atoms with Crippen LogP contribution >= 0.6 is 0 Å². The molecule has 15 heavy (non-hydrogen) atoms. The molecule has 1 N–H and O–H groups in total. The van der Waals surface area contributed by atoms with Crippen molar-refractivity contribution in [2.45, 2.75) is 0 Å². The van der Waals surface area contributed by atoms with Crippen LogP contribution in [-0.4, -0.2) is 5.11 Å². The molecule has 0 radical (unpaired) electrons. The Balaban J connectivity index is 0.00000112. The normalized spacial score (nSPS) is 9.07. The molecule has 2 rings (SSSR count). The second kappa shape index (κ2) is 5.44. The van der Waals surface area contributed by atoms with Crippen LogP contribution in [0.25, 0.3) is 0 Å². The predicted molar refractivity (Wildman–Crippen MR) is 54.6 cm³/mol. The van der Waals surface area contributed by atoms with Gasteiger partial charge in [-0.25, -0.2) is 0 Å². The van der Waals surface area contributed by atoms with E-state index in [-0.39, 0.29) is 22.8 Å². The Labute approximate surface area is 99.0 Å². The predicted octanol–water partition coefficient (Wildman–Crippen LogP) is 3.18. The Kier molecular flexibility index (Phi) is 4.22. The van der Waals surface area contributed by atoms with Crippen LogP contribution in [0, 0.1) is 0 Å². The Morgan fingerprint density at radius 1 is 0.733 bits per heavy atom. The standard InChI is InChI=1S/C12H10O2.Mn/c13-10-6-8-12(9-7-10)14-11-4-2-1-3-5-11;/h1-9,13H;/q;+3. The number of rotatable bonds is 2. The SMILES string of the molecule is Oc1ccc(Oc2ccccc2)cc1.[Mn+3]. The van der Waals surface area contributed by atoms with Gasteiger partial charge >= 0.3 is 17.1 Å². The fraction of sp³-hybridized carbons (Fsp3) is 0. The van der Waals surface area contributed by atoms with E-state index in [4.69, 9.17) is 9.84 Å². The first-order chi connectivity index (χ1) is 6.84. The van der Waals surface area contributed by atoms with Gasteiger partial charge in [-0.15, -0.1) is 0 Å². The summed E-state index contributed by atoms with van der Waals surface area (Å²) in [5, 5.41) is 9.07. The third kappa shape index (κ3) is 3.31. The quantitative estimate of drug-likeness (QED) is 0.818. The van der Waals surface area contributed by atoms with E-state index in [9.17, 15) is 0 Å². The Hall–Kier alpha value is -1.44. The second-order valence-corrected chi connectivity index (χ2v) is 2.91. The number of phenolic OH excluding ortho intramolecular Hbond substituents is 1. The summed E-state index contributed by atoms with van der Waals surface area (Å²) in [4.78, 5) is 0. The summed E-state index contributed by atoms with van der Waals surface area (Å²) in [6.45, 7) is 0. The van der Waals surface area contributed by atoms with E-state index in [1.807, 2.05) is 30.3 Å². The Morgan fingerprint density at radius 2 is 1.27 bits per heavy atom. The van der Waals surface area contributed by atoms with E-state index >= 15 is 0 Å². The second-order valence-electron chi connectivity index (χ2n) is 2.91. The van der Waals surface area contributed by atoms with Gasteiger partial charge in [-0.1, -0.05) is 18.2 Å². The maximum atomic E-state index is 9.07. The summed E-state index contributed by atoms with van der Waals surface area (Å²) in [6.07, 6.45) is 0. The monoisotopic (exact) mass is 241 g/mol. The molecule has 2 aromatic rings. The van der Waals surface area contributed by atoms with Crippen LogP contribution in [0.1, 0.15) is 0 Å². The van der Waals surface area contributed by atoms with Crippen molar-refractivity contribution < 1.29 is 26.9 Å². The molecule has 2 aromatic carbocycles. The molecule has 0 bridgehead atoms. The van der Waals surface area contributed by atoms with Crippen molar-refractivity contribution in [3.05, 3.63) is 54.6 Å². The molecule has 2 nitrogen and oxygen atoms in total. The largest absolute Gasteiger partial charge is 3.00 e. The average Bonchev–Trinajstić information content (AvgIpc) is 2.23. The van der Waals surface area contributed by atoms with Gasteiger partial charge in [-0.2, -0.15) is 0 Å². The minimum absolute atomic E-state index is 0. The van der Waals surface area contributed by atoms with E-state index in [2.05, 4.69) is 0 Å². The third-order valence-electron chi connectivity index (χ3n) is 1.82. The van der Waals surface area contributed by atoms with Gasteiger partial charge in [0, 0.05) is 0 Å². The van der Waals surface area contributed by atoms with Gasteiger partial charge < -0.3 is 9.84 Å². The average molecular weight is 241 g/mol. The molecule has 3 heteroatoms. The smallest absolute Gasteiger partial charge is 0.508 e. The van der Waals surface area contributed by atoms with Gasteiger partial charge in [0.1, 0.15) is 17.2 Å². The Morgan fingerprint density at radius 3 is 1.87 bits per heavy atom. The van der Waals surface area contributed by atoms with E-state index < -0.39 is 0 Å². The van der Waals surface area contributed by atoms with Crippen molar-refractivity contribution >= 4 is 0 Å². The van der Waals surface area contributed by atoms with E-state index in [1.54, 1.807) is 24.3 Å². The van der Waals surface area contributed by atoms with Gasteiger partial charge in [-0.05, 0) is 36.4 Å². The number of hydrogen-bond acceptors (Lipinski definition) is 2. The summed E-state index contributed by atoms with van der Waals surface area (Å²) < 4.78 is 5.52. The topological polar surface area (TPSA) is 29.5 Å².